The molecule has 0 saturated carbocycles. The van der Waals surface area contributed by atoms with E-state index in [2.05, 4.69) is 5.32 Å². The normalized spacial score (nSPS) is 14.4. The van der Waals surface area contributed by atoms with Crippen LogP contribution in [0.2, 0.25) is 0 Å². The van der Waals surface area contributed by atoms with Gasteiger partial charge in [0.05, 0.1) is 5.75 Å². The van der Waals surface area contributed by atoms with E-state index in [1.54, 1.807) is 0 Å². The van der Waals surface area contributed by atoms with Gasteiger partial charge in [0.1, 0.15) is 6.04 Å². The van der Waals surface area contributed by atoms with Crippen molar-refractivity contribution < 1.29 is 18.9 Å². The van der Waals surface area contributed by atoms with Crippen molar-refractivity contribution in [2.45, 2.75) is 19.4 Å². The Morgan fingerprint density at radius 3 is 2.41 bits per heavy atom. The van der Waals surface area contributed by atoms with Gasteiger partial charge in [0.2, 0.25) is 5.91 Å². The van der Waals surface area contributed by atoms with Crippen LogP contribution < -0.4 is 5.32 Å². The number of hydrogen-bond acceptors (Lipinski definition) is 4. The zero-order valence-electron chi connectivity index (χ0n) is 10.4. The van der Waals surface area contributed by atoms with Crippen molar-refractivity contribution >= 4 is 22.7 Å². The Labute approximate surface area is 104 Å². The smallest absolute Gasteiger partial charge is 0.327 e. The van der Waals surface area contributed by atoms with Crippen LogP contribution in [0.25, 0.3) is 0 Å². The molecular formula is C10H20N2O4S. The molecule has 0 aliphatic heterocycles. The van der Waals surface area contributed by atoms with E-state index in [4.69, 9.17) is 5.11 Å². The summed E-state index contributed by atoms with van der Waals surface area (Å²) in [5.41, 5.74) is 0. The number of nitrogens with one attached hydrogen (secondary N) is 1. The van der Waals surface area contributed by atoms with E-state index in [0.717, 1.165) is 13.0 Å². The summed E-state index contributed by atoms with van der Waals surface area (Å²) in [5, 5.41) is 11.1. The lowest BCUT2D eigenvalue weighted by Gasteiger charge is -2.13. The highest BCUT2D eigenvalue weighted by Crippen LogP contribution is 1.95. The summed E-state index contributed by atoms with van der Waals surface area (Å²) in [5.74, 6) is -1.17. The molecule has 6 nitrogen and oxygen atoms in total. The number of carbonyl (C=O) groups is 2. The summed E-state index contributed by atoms with van der Waals surface area (Å²) >= 11 is 0. The van der Waals surface area contributed by atoms with E-state index in [1.165, 1.54) is 6.92 Å². The fraction of sp³-hybridized carbons (Fsp3) is 0.800. The first-order chi connectivity index (χ1) is 7.82. The number of carboxylic acid groups (broad SMARTS) is 1. The summed E-state index contributed by atoms with van der Waals surface area (Å²) in [6, 6.07) is -1.06. The molecule has 0 fully saturated rings. The minimum absolute atomic E-state index is 0.0393. The number of amides is 1. The SMILES string of the molecule is CC(=O)NC(CS(=O)CCCN(C)C)C(=O)O. The Morgan fingerprint density at radius 1 is 1.41 bits per heavy atom. The molecule has 1 amide bonds. The monoisotopic (exact) mass is 264 g/mol. The maximum absolute atomic E-state index is 11.6. The molecule has 0 aromatic carbocycles. The van der Waals surface area contributed by atoms with Crippen molar-refractivity contribution in [3.8, 4) is 0 Å². The van der Waals surface area contributed by atoms with Crippen LogP contribution in [0.5, 0.6) is 0 Å². The molecule has 0 aliphatic rings. The third-order valence-electron chi connectivity index (χ3n) is 2.01. The highest BCUT2D eigenvalue weighted by Gasteiger charge is 2.20. The molecule has 0 aromatic heterocycles. The molecule has 0 radical (unpaired) electrons. The first-order valence-corrected chi connectivity index (χ1v) is 6.81. The van der Waals surface area contributed by atoms with Crippen molar-refractivity contribution in [2.75, 3.05) is 32.1 Å². The molecule has 0 spiro atoms. The van der Waals surface area contributed by atoms with Gasteiger partial charge in [-0.05, 0) is 27.1 Å². The fourth-order valence-electron chi connectivity index (χ4n) is 1.23. The Morgan fingerprint density at radius 2 is 2.00 bits per heavy atom. The molecule has 0 rings (SSSR count). The highest BCUT2D eigenvalue weighted by atomic mass is 32.2. The third kappa shape index (κ3) is 8.82. The number of carbonyl (C=O) groups excluding carboxylic acids is 1. The topological polar surface area (TPSA) is 86.7 Å². The van der Waals surface area contributed by atoms with Gasteiger partial charge < -0.3 is 15.3 Å². The molecule has 2 N–H and O–H groups in total. The van der Waals surface area contributed by atoms with E-state index < -0.39 is 28.7 Å². The van der Waals surface area contributed by atoms with E-state index in [1.807, 2.05) is 19.0 Å². The lowest BCUT2D eigenvalue weighted by Crippen LogP contribution is -2.43. The average Bonchev–Trinajstić information content (AvgIpc) is 2.15. The lowest BCUT2D eigenvalue weighted by atomic mass is 10.3. The number of aliphatic carboxylic acids is 1. The molecule has 0 aromatic rings. The molecular weight excluding hydrogens is 244 g/mol. The van der Waals surface area contributed by atoms with E-state index >= 15 is 0 Å². The number of rotatable bonds is 8. The van der Waals surface area contributed by atoms with Crippen molar-refractivity contribution in [3.05, 3.63) is 0 Å². The summed E-state index contributed by atoms with van der Waals surface area (Å²) < 4.78 is 11.6. The Bertz CT molecular complexity index is 294. The maximum atomic E-state index is 11.6. The Balaban J connectivity index is 4.04. The number of carboxylic acids is 1. The van der Waals surface area contributed by atoms with Crippen LogP contribution in [0.4, 0.5) is 0 Å². The third-order valence-corrected chi connectivity index (χ3v) is 3.45. The lowest BCUT2D eigenvalue weighted by molar-refractivity contribution is -0.140. The maximum Gasteiger partial charge on any atom is 0.327 e. The predicted molar refractivity (Wildman–Crippen MR) is 66.3 cm³/mol. The van der Waals surface area contributed by atoms with E-state index in [0.29, 0.717) is 5.75 Å². The first-order valence-electron chi connectivity index (χ1n) is 5.32. The minimum Gasteiger partial charge on any atom is -0.480 e. The van der Waals surface area contributed by atoms with Crippen LogP contribution in [0, 0.1) is 0 Å². The van der Waals surface area contributed by atoms with Crippen molar-refractivity contribution in [3.63, 3.8) is 0 Å². The molecule has 0 saturated heterocycles. The second kappa shape index (κ2) is 8.19. The highest BCUT2D eigenvalue weighted by molar-refractivity contribution is 7.85. The van der Waals surface area contributed by atoms with E-state index in [-0.39, 0.29) is 5.75 Å². The summed E-state index contributed by atoms with van der Waals surface area (Å²) in [6.45, 7) is 2.05. The van der Waals surface area contributed by atoms with Gasteiger partial charge in [-0.1, -0.05) is 0 Å². The van der Waals surface area contributed by atoms with Crippen molar-refractivity contribution in [2.24, 2.45) is 0 Å². The van der Waals surface area contributed by atoms with Gasteiger partial charge in [0.25, 0.3) is 0 Å². The molecule has 2 unspecified atom stereocenters. The molecule has 2 atom stereocenters. The Hall–Kier alpha value is -0.950. The standard InChI is InChI=1S/C10H20N2O4S/c1-8(13)11-9(10(14)15)7-17(16)6-4-5-12(2)3/h9H,4-7H2,1-3H3,(H,11,13)(H,14,15). The molecule has 7 heteroatoms. The molecule has 0 aliphatic carbocycles. The average molecular weight is 264 g/mol. The Kier molecular flexibility index (Phi) is 7.73. The fourth-order valence-corrected chi connectivity index (χ4v) is 2.45. The number of nitrogens with zero attached hydrogens (tertiary/aromatic N) is 1. The van der Waals surface area contributed by atoms with Crippen LogP contribution in [0.15, 0.2) is 0 Å². The summed E-state index contributed by atoms with van der Waals surface area (Å²) in [4.78, 5) is 23.5. The first kappa shape index (κ1) is 16.1. The van der Waals surface area contributed by atoms with Crippen LogP contribution in [0.1, 0.15) is 13.3 Å². The van der Waals surface area contributed by atoms with E-state index in [9.17, 15) is 13.8 Å². The summed E-state index contributed by atoms with van der Waals surface area (Å²) in [6.07, 6.45) is 0.742. The van der Waals surface area contributed by atoms with Crippen LogP contribution in [-0.2, 0) is 20.4 Å². The van der Waals surface area contributed by atoms with Gasteiger partial charge in [-0.3, -0.25) is 9.00 Å². The second-order valence-electron chi connectivity index (χ2n) is 4.06. The van der Waals surface area contributed by atoms with Crippen molar-refractivity contribution in [1.82, 2.24) is 10.2 Å². The number of hydrogen-bond donors (Lipinski definition) is 2. The minimum atomic E-state index is -1.23. The predicted octanol–water partition coefficient (Wildman–Crippen LogP) is -0.724. The molecule has 0 heterocycles. The zero-order chi connectivity index (χ0) is 13.4. The molecule has 17 heavy (non-hydrogen) atoms. The zero-order valence-corrected chi connectivity index (χ0v) is 11.2. The van der Waals surface area contributed by atoms with Crippen LogP contribution in [-0.4, -0.2) is 64.3 Å². The van der Waals surface area contributed by atoms with Gasteiger partial charge in [-0.25, -0.2) is 4.79 Å². The van der Waals surface area contributed by atoms with Crippen molar-refractivity contribution in [1.29, 1.82) is 0 Å². The second-order valence-corrected chi connectivity index (χ2v) is 5.68. The van der Waals surface area contributed by atoms with Gasteiger partial charge in [-0.2, -0.15) is 0 Å². The summed E-state index contributed by atoms with van der Waals surface area (Å²) in [7, 11) is 2.61. The quantitative estimate of drug-likeness (QED) is 0.604. The van der Waals surface area contributed by atoms with Gasteiger partial charge in [-0.15, -0.1) is 0 Å². The van der Waals surface area contributed by atoms with Gasteiger partial charge in [0.15, 0.2) is 0 Å². The van der Waals surface area contributed by atoms with Gasteiger partial charge in [0, 0.05) is 23.5 Å². The largest absolute Gasteiger partial charge is 0.480 e. The van der Waals surface area contributed by atoms with Crippen LogP contribution in [0.3, 0.4) is 0 Å². The van der Waals surface area contributed by atoms with Gasteiger partial charge >= 0.3 is 5.97 Å². The molecule has 100 valence electrons. The van der Waals surface area contributed by atoms with Crippen LogP contribution >= 0.6 is 0 Å². The molecule has 0 bridgehead atoms.